The Bertz CT molecular complexity index is 672. The van der Waals surface area contributed by atoms with Crippen LogP contribution < -0.4 is 0 Å². The zero-order valence-electron chi connectivity index (χ0n) is 14.6. The van der Waals surface area contributed by atoms with Crippen molar-refractivity contribution in [3.05, 3.63) is 18.0 Å². The van der Waals surface area contributed by atoms with Gasteiger partial charge in [-0.25, -0.2) is 8.42 Å². The Morgan fingerprint density at radius 3 is 2.39 bits per heavy atom. The van der Waals surface area contributed by atoms with E-state index in [0.717, 1.165) is 38.9 Å². The van der Waals surface area contributed by atoms with Crippen LogP contribution >= 0.6 is 0 Å². The van der Waals surface area contributed by atoms with Crippen molar-refractivity contribution in [2.45, 2.75) is 45.2 Å². The summed E-state index contributed by atoms with van der Waals surface area (Å²) in [5, 5.41) is 4.23. The molecule has 0 unspecified atom stereocenters. The maximum absolute atomic E-state index is 12.1. The maximum Gasteiger partial charge on any atom is 0.211 e. The van der Waals surface area contributed by atoms with E-state index in [1.54, 1.807) is 4.31 Å². The van der Waals surface area contributed by atoms with Gasteiger partial charge in [0.15, 0.2) is 0 Å². The SMILES string of the molecule is Cn1cc(CN2CCC3(CC2)CN(S(C)(=O)=O)C(C)(C)C3)cn1. The summed E-state index contributed by atoms with van der Waals surface area (Å²) in [7, 11) is -1.20. The molecule has 2 saturated heterocycles. The molecule has 0 aromatic carbocycles. The molecule has 0 aliphatic carbocycles. The average molecular weight is 340 g/mol. The van der Waals surface area contributed by atoms with Gasteiger partial charge in [0.1, 0.15) is 0 Å². The van der Waals surface area contributed by atoms with Gasteiger partial charge >= 0.3 is 0 Å². The van der Waals surface area contributed by atoms with Gasteiger partial charge in [-0.05, 0) is 51.6 Å². The topological polar surface area (TPSA) is 58.4 Å². The predicted octanol–water partition coefficient (Wildman–Crippen LogP) is 1.45. The first-order valence-corrected chi connectivity index (χ1v) is 10.1. The molecular weight excluding hydrogens is 312 g/mol. The van der Waals surface area contributed by atoms with Crippen LogP contribution in [0.15, 0.2) is 12.4 Å². The fourth-order valence-electron chi connectivity index (χ4n) is 4.48. The molecule has 0 radical (unpaired) electrons. The van der Waals surface area contributed by atoms with Crippen molar-refractivity contribution in [1.29, 1.82) is 0 Å². The molecule has 0 saturated carbocycles. The number of rotatable bonds is 3. The van der Waals surface area contributed by atoms with Crippen molar-refractivity contribution < 1.29 is 8.42 Å². The van der Waals surface area contributed by atoms with Crippen LogP contribution in [0.3, 0.4) is 0 Å². The molecule has 3 rings (SSSR count). The van der Waals surface area contributed by atoms with Crippen molar-refractivity contribution in [2.75, 3.05) is 25.9 Å². The first-order chi connectivity index (χ1) is 10.6. The second-order valence-corrected chi connectivity index (χ2v) is 9.96. The van der Waals surface area contributed by atoms with E-state index in [1.807, 2.05) is 17.9 Å². The second-order valence-electron chi connectivity index (χ2n) is 8.06. The van der Waals surface area contributed by atoms with Gasteiger partial charge in [0.2, 0.25) is 10.0 Å². The lowest BCUT2D eigenvalue weighted by atomic mass is 9.74. The molecule has 23 heavy (non-hydrogen) atoms. The lowest BCUT2D eigenvalue weighted by molar-refractivity contribution is 0.107. The molecule has 1 aromatic heterocycles. The molecule has 2 aliphatic rings. The summed E-state index contributed by atoms with van der Waals surface area (Å²) in [6.07, 6.45) is 8.44. The third-order valence-corrected chi connectivity index (χ3v) is 6.87. The average Bonchev–Trinajstić information content (AvgIpc) is 2.94. The number of aryl methyl sites for hydroxylation is 1. The molecule has 3 heterocycles. The summed E-state index contributed by atoms with van der Waals surface area (Å²) in [4.78, 5) is 2.46. The Balaban J connectivity index is 1.64. The van der Waals surface area contributed by atoms with E-state index < -0.39 is 10.0 Å². The minimum Gasteiger partial charge on any atom is -0.299 e. The van der Waals surface area contributed by atoms with Gasteiger partial charge in [0.05, 0.1) is 12.5 Å². The zero-order chi connectivity index (χ0) is 16.9. The highest BCUT2D eigenvalue weighted by molar-refractivity contribution is 7.88. The van der Waals surface area contributed by atoms with E-state index in [4.69, 9.17) is 0 Å². The fraction of sp³-hybridized carbons (Fsp3) is 0.812. The smallest absolute Gasteiger partial charge is 0.211 e. The first kappa shape index (κ1) is 16.9. The summed E-state index contributed by atoms with van der Waals surface area (Å²) in [6, 6.07) is 0. The Morgan fingerprint density at radius 1 is 1.26 bits per heavy atom. The van der Waals surface area contributed by atoms with E-state index >= 15 is 0 Å². The van der Waals surface area contributed by atoms with Crippen LogP contribution in [0.5, 0.6) is 0 Å². The summed E-state index contributed by atoms with van der Waals surface area (Å²) in [5.41, 5.74) is 1.13. The van der Waals surface area contributed by atoms with Crippen molar-refractivity contribution in [3.63, 3.8) is 0 Å². The Labute approximate surface area is 139 Å². The minimum absolute atomic E-state index is 0.151. The molecule has 0 N–H and O–H groups in total. The summed E-state index contributed by atoms with van der Waals surface area (Å²) >= 11 is 0. The molecule has 0 atom stereocenters. The molecule has 0 amide bonds. The quantitative estimate of drug-likeness (QED) is 0.836. The van der Waals surface area contributed by atoms with Crippen LogP contribution in [-0.4, -0.2) is 58.8 Å². The Morgan fingerprint density at radius 2 is 1.91 bits per heavy atom. The lowest BCUT2D eigenvalue weighted by Gasteiger charge is -2.39. The predicted molar refractivity (Wildman–Crippen MR) is 90.4 cm³/mol. The molecule has 6 nitrogen and oxygen atoms in total. The van der Waals surface area contributed by atoms with Crippen molar-refractivity contribution in [1.82, 2.24) is 19.0 Å². The van der Waals surface area contributed by atoms with E-state index in [9.17, 15) is 8.42 Å². The van der Waals surface area contributed by atoms with Gasteiger partial charge in [-0.3, -0.25) is 9.58 Å². The van der Waals surface area contributed by atoms with Gasteiger partial charge in [-0.2, -0.15) is 9.40 Å². The number of piperidine rings is 1. The van der Waals surface area contributed by atoms with Crippen molar-refractivity contribution in [3.8, 4) is 0 Å². The molecule has 2 fully saturated rings. The third kappa shape index (κ3) is 3.46. The van der Waals surface area contributed by atoms with E-state index in [1.165, 1.54) is 11.8 Å². The number of hydrogen-bond acceptors (Lipinski definition) is 4. The zero-order valence-corrected chi connectivity index (χ0v) is 15.4. The highest BCUT2D eigenvalue weighted by Crippen LogP contribution is 2.48. The largest absolute Gasteiger partial charge is 0.299 e. The van der Waals surface area contributed by atoms with Crippen molar-refractivity contribution >= 4 is 10.0 Å². The van der Waals surface area contributed by atoms with Gasteiger partial charge in [0.25, 0.3) is 0 Å². The van der Waals surface area contributed by atoms with Crippen LogP contribution in [0.4, 0.5) is 0 Å². The van der Waals surface area contributed by atoms with Crippen LogP contribution in [-0.2, 0) is 23.6 Å². The number of aromatic nitrogens is 2. The lowest BCUT2D eigenvalue weighted by Crippen LogP contribution is -2.43. The summed E-state index contributed by atoms with van der Waals surface area (Å²) < 4.78 is 27.7. The number of nitrogens with zero attached hydrogens (tertiary/aromatic N) is 4. The van der Waals surface area contributed by atoms with Crippen molar-refractivity contribution in [2.24, 2.45) is 12.5 Å². The van der Waals surface area contributed by atoms with E-state index in [2.05, 4.69) is 30.0 Å². The molecular formula is C16H28N4O2S. The van der Waals surface area contributed by atoms with E-state index in [0.29, 0.717) is 6.54 Å². The van der Waals surface area contributed by atoms with Crippen LogP contribution in [0.1, 0.15) is 38.7 Å². The van der Waals surface area contributed by atoms with Gasteiger partial charge in [-0.1, -0.05) is 0 Å². The third-order valence-electron chi connectivity index (χ3n) is 5.44. The second kappa shape index (κ2) is 5.57. The Kier molecular flexibility index (Phi) is 4.09. The van der Waals surface area contributed by atoms with Gasteiger partial charge in [0, 0.05) is 37.4 Å². The normalized spacial score (nSPS) is 25.2. The molecule has 7 heteroatoms. The standard InChI is InChI=1S/C16H28N4O2S/c1-15(2)12-16(13-20(15)23(4,21)22)5-7-19(8-6-16)11-14-9-17-18(3)10-14/h9-10H,5-8,11-13H2,1-4H3. The number of sulfonamides is 1. The number of likely N-dealkylation sites (tertiary alicyclic amines) is 1. The minimum atomic E-state index is -3.14. The number of hydrogen-bond donors (Lipinski definition) is 0. The Hall–Kier alpha value is -0.920. The highest BCUT2D eigenvalue weighted by atomic mass is 32.2. The molecule has 130 valence electrons. The first-order valence-electron chi connectivity index (χ1n) is 8.27. The maximum atomic E-state index is 12.1. The van der Waals surface area contributed by atoms with E-state index in [-0.39, 0.29) is 11.0 Å². The highest BCUT2D eigenvalue weighted by Gasteiger charge is 2.52. The molecule has 1 aromatic rings. The van der Waals surface area contributed by atoms with Gasteiger partial charge < -0.3 is 0 Å². The van der Waals surface area contributed by atoms with Crippen LogP contribution in [0.25, 0.3) is 0 Å². The van der Waals surface area contributed by atoms with Crippen LogP contribution in [0.2, 0.25) is 0 Å². The summed E-state index contributed by atoms with van der Waals surface area (Å²) in [6.45, 7) is 7.80. The fourth-order valence-corrected chi connectivity index (χ4v) is 5.95. The monoisotopic (exact) mass is 340 g/mol. The molecule has 2 aliphatic heterocycles. The van der Waals surface area contributed by atoms with Gasteiger partial charge in [-0.15, -0.1) is 0 Å². The molecule has 1 spiro atoms. The van der Waals surface area contributed by atoms with Crippen LogP contribution in [0, 0.1) is 5.41 Å². The molecule has 0 bridgehead atoms. The summed E-state index contributed by atoms with van der Waals surface area (Å²) in [5.74, 6) is 0.